The predicted molar refractivity (Wildman–Crippen MR) is 89.9 cm³/mol. The molecule has 0 bridgehead atoms. The summed E-state index contributed by atoms with van der Waals surface area (Å²) in [5.74, 6) is -1.62. The summed E-state index contributed by atoms with van der Waals surface area (Å²) in [6.07, 6.45) is 3.32. The van der Waals surface area contributed by atoms with Crippen molar-refractivity contribution in [1.82, 2.24) is 9.78 Å². The zero-order valence-corrected chi connectivity index (χ0v) is 13.3. The molecule has 2 heterocycles. The van der Waals surface area contributed by atoms with Gasteiger partial charge in [0.25, 0.3) is 5.91 Å². The van der Waals surface area contributed by atoms with E-state index in [9.17, 15) is 13.6 Å². The molecule has 0 radical (unpaired) electrons. The minimum Gasteiger partial charge on any atom is -0.307 e. The van der Waals surface area contributed by atoms with E-state index in [1.165, 1.54) is 16.9 Å². The molecule has 0 atom stereocenters. The smallest absolute Gasteiger partial charge is 0.278 e. The van der Waals surface area contributed by atoms with E-state index in [-0.39, 0.29) is 17.3 Å². The first-order valence-electron chi connectivity index (χ1n) is 8.04. The standard InChI is InChI=1S/C19H15F2N3O/c20-14-7-8-18(15(21)12-14)24-11-9-16(22-24)19(25)23-10-3-5-13-4-1-2-6-17(13)23/h1-2,4,6-9,11-12H,3,5,10H2. The van der Waals surface area contributed by atoms with Gasteiger partial charge in [-0.3, -0.25) is 4.79 Å². The molecule has 0 saturated heterocycles. The van der Waals surface area contributed by atoms with E-state index >= 15 is 0 Å². The van der Waals surface area contributed by atoms with E-state index in [1.54, 1.807) is 11.0 Å². The largest absolute Gasteiger partial charge is 0.307 e. The first-order valence-corrected chi connectivity index (χ1v) is 8.04. The molecule has 1 aromatic heterocycles. The normalized spacial score (nSPS) is 13.6. The lowest BCUT2D eigenvalue weighted by molar-refractivity contribution is 0.0980. The van der Waals surface area contributed by atoms with Crippen LogP contribution in [0.3, 0.4) is 0 Å². The van der Waals surface area contributed by atoms with Crippen LogP contribution < -0.4 is 4.90 Å². The highest BCUT2D eigenvalue weighted by Crippen LogP contribution is 2.28. The first-order chi connectivity index (χ1) is 12.1. The van der Waals surface area contributed by atoms with Crippen molar-refractivity contribution >= 4 is 11.6 Å². The number of hydrogen-bond acceptors (Lipinski definition) is 2. The molecule has 0 fully saturated rings. The molecule has 3 aromatic rings. The number of aryl methyl sites for hydroxylation is 1. The molecule has 25 heavy (non-hydrogen) atoms. The molecule has 1 aliphatic rings. The number of carbonyl (C=O) groups is 1. The summed E-state index contributed by atoms with van der Waals surface area (Å²) in [7, 11) is 0. The van der Waals surface area contributed by atoms with Gasteiger partial charge in [-0.2, -0.15) is 5.10 Å². The van der Waals surface area contributed by atoms with Crippen molar-refractivity contribution in [2.75, 3.05) is 11.4 Å². The number of carbonyl (C=O) groups excluding carboxylic acids is 1. The molecular formula is C19H15F2N3O. The van der Waals surface area contributed by atoms with E-state index < -0.39 is 11.6 Å². The van der Waals surface area contributed by atoms with Gasteiger partial charge in [0.15, 0.2) is 11.5 Å². The molecule has 1 amide bonds. The Kier molecular flexibility index (Phi) is 3.80. The molecule has 4 nitrogen and oxygen atoms in total. The van der Waals surface area contributed by atoms with Gasteiger partial charge in [0, 0.05) is 24.5 Å². The van der Waals surface area contributed by atoms with Crippen LogP contribution in [0.4, 0.5) is 14.5 Å². The van der Waals surface area contributed by atoms with Crippen LogP contribution in [0.5, 0.6) is 0 Å². The first kappa shape index (κ1) is 15.5. The Labute approximate surface area is 143 Å². The van der Waals surface area contributed by atoms with Gasteiger partial charge in [0.2, 0.25) is 0 Å². The minimum absolute atomic E-state index is 0.0968. The van der Waals surface area contributed by atoms with Gasteiger partial charge < -0.3 is 4.90 Å². The second kappa shape index (κ2) is 6.12. The maximum atomic E-state index is 13.9. The van der Waals surface area contributed by atoms with Gasteiger partial charge in [-0.1, -0.05) is 18.2 Å². The van der Waals surface area contributed by atoms with Crippen LogP contribution >= 0.6 is 0 Å². The number of para-hydroxylation sites is 1. The zero-order valence-electron chi connectivity index (χ0n) is 13.3. The molecule has 1 aliphatic heterocycles. The van der Waals surface area contributed by atoms with Crippen LogP contribution in [-0.2, 0) is 6.42 Å². The number of halogens is 2. The fourth-order valence-corrected chi connectivity index (χ4v) is 3.12. The highest BCUT2D eigenvalue weighted by Gasteiger charge is 2.25. The fraction of sp³-hybridized carbons (Fsp3) is 0.158. The highest BCUT2D eigenvalue weighted by molar-refractivity contribution is 6.05. The van der Waals surface area contributed by atoms with Crippen molar-refractivity contribution in [2.45, 2.75) is 12.8 Å². The Balaban J connectivity index is 1.66. The fourth-order valence-electron chi connectivity index (χ4n) is 3.12. The van der Waals surface area contributed by atoms with Crippen molar-refractivity contribution in [3.8, 4) is 5.69 Å². The van der Waals surface area contributed by atoms with E-state index in [0.29, 0.717) is 6.54 Å². The third-order valence-corrected chi connectivity index (χ3v) is 4.32. The van der Waals surface area contributed by atoms with Gasteiger partial charge in [0.05, 0.1) is 0 Å². The van der Waals surface area contributed by atoms with Crippen LogP contribution in [0.25, 0.3) is 5.69 Å². The zero-order chi connectivity index (χ0) is 17.4. The van der Waals surface area contributed by atoms with Crippen LogP contribution in [0, 0.1) is 11.6 Å². The van der Waals surface area contributed by atoms with Gasteiger partial charge >= 0.3 is 0 Å². The molecule has 0 aliphatic carbocycles. The molecular weight excluding hydrogens is 324 g/mol. The lowest BCUT2D eigenvalue weighted by atomic mass is 10.0. The second-order valence-corrected chi connectivity index (χ2v) is 5.93. The average Bonchev–Trinajstić information content (AvgIpc) is 3.10. The highest BCUT2D eigenvalue weighted by atomic mass is 19.1. The summed E-state index contributed by atoms with van der Waals surface area (Å²) >= 11 is 0. The number of anilines is 1. The third-order valence-electron chi connectivity index (χ3n) is 4.32. The number of nitrogens with zero attached hydrogens (tertiary/aromatic N) is 3. The Bertz CT molecular complexity index is 951. The van der Waals surface area contributed by atoms with Crippen molar-refractivity contribution in [1.29, 1.82) is 0 Å². The maximum Gasteiger partial charge on any atom is 0.278 e. The average molecular weight is 339 g/mol. The van der Waals surface area contributed by atoms with Gasteiger partial charge in [-0.05, 0) is 42.7 Å². The quantitative estimate of drug-likeness (QED) is 0.713. The third kappa shape index (κ3) is 2.80. The van der Waals surface area contributed by atoms with E-state index in [1.807, 2.05) is 24.3 Å². The van der Waals surface area contributed by atoms with Crippen LogP contribution in [0.2, 0.25) is 0 Å². The van der Waals surface area contributed by atoms with Crippen molar-refractivity contribution in [3.63, 3.8) is 0 Å². The Hall–Kier alpha value is -3.02. The summed E-state index contributed by atoms with van der Waals surface area (Å²) < 4.78 is 28.2. The monoisotopic (exact) mass is 339 g/mol. The molecule has 0 saturated carbocycles. The van der Waals surface area contributed by atoms with Crippen molar-refractivity contribution in [2.24, 2.45) is 0 Å². The van der Waals surface area contributed by atoms with Crippen molar-refractivity contribution < 1.29 is 13.6 Å². The number of fused-ring (bicyclic) bond motifs is 1. The molecule has 0 N–H and O–H groups in total. The number of rotatable bonds is 2. The molecule has 4 rings (SSSR count). The van der Waals surface area contributed by atoms with Gasteiger partial charge in [0.1, 0.15) is 11.5 Å². The number of amides is 1. The summed E-state index contributed by atoms with van der Waals surface area (Å²) in [6.45, 7) is 0.619. The Morgan fingerprint density at radius 3 is 2.72 bits per heavy atom. The SMILES string of the molecule is O=C(c1ccn(-c2ccc(F)cc2F)n1)N1CCCc2ccccc21. The molecule has 126 valence electrons. The lowest BCUT2D eigenvalue weighted by Crippen LogP contribution is -2.35. The van der Waals surface area contributed by atoms with E-state index in [2.05, 4.69) is 5.10 Å². The van der Waals surface area contributed by atoms with Crippen LogP contribution in [-0.4, -0.2) is 22.2 Å². The van der Waals surface area contributed by atoms with Gasteiger partial charge in [-0.15, -0.1) is 0 Å². The van der Waals surface area contributed by atoms with Crippen LogP contribution in [0.15, 0.2) is 54.7 Å². The Morgan fingerprint density at radius 2 is 1.88 bits per heavy atom. The summed E-state index contributed by atoms with van der Waals surface area (Å²) in [6, 6.07) is 12.6. The molecule has 6 heteroatoms. The van der Waals surface area contributed by atoms with Gasteiger partial charge in [-0.25, -0.2) is 13.5 Å². The number of aromatic nitrogens is 2. The predicted octanol–water partition coefficient (Wildman–Crippen LogP) is 3.74. The molecule has 0 spiro atoms. The van der Waals surface area contributed by atoms with Crippen LogP contribution in [0.1, 0.15) is 22.5 Å². The van der Waals surface area contributed by atoms with E-state index in [4.69, 9.17) is 0 Å². The summed E-state index contributed by atoms with van der Waals surface area (Å²) in [5.41, 5.74) is 2.34. The topological polar surface area (TPSA) is 38.1 Å². The minimum atomic E-state index is -0.731. The maximum absolute atomic E-state index is 13.9. The summed E-state index contributed by atoms with van der Waals surface area (Å²) in [5, 5.41) is 4.18. The molecule has 2 aromatic carbocycles. The number of benzene rings is 2. The van der Waals surface area contributed by atoms with E-state index in [0.717, 1.165) is 36.2 Å². The molecule has 0 unspecified atom stereocenters. The second-order valence-electron chi connectivity index (χ2n) is 5.93. The van der Waals surface area contributed by atoms with Crippen molar-refractivity contribution in [3.05, 3.63) is 77.6 Å². The lowest BCUT2D eigenvalue weighted by Gasteiger charge is -2.28. The Morgan fingerprint density at radius 1 is 1.04 bits per heavy atom. The summed E-state index contributed by atoms with van der Waals surface area (Å²) in [4.78, 5) is 14.5. The number of hydrogen-bond donors (Lipinski definition) is 0.